The van der Waals surface area contributed by atoms with Crippen LogP contribution in [-0.2, 0) is 11.3 Å². The molecule has 2 N–H and O–H groups in total. The van der Waals surface area contributed by atoms with Gasteiger partial charge in [-0.3, -0.25) is 10.1 Å². The van der Waals surface area contributed by atoms with Crippen LogP contribution in [0.15, 0.2) is 27.3 Å². The lowest BCUT2D eigenvalue weighted by molar-refractivity contribution is -0.123. The standard InChI is InChI=1S/C15H21N3O3/c1-9(14-10(2)18-21-12(14)4)17-11(3)15(19)16-8-13-6-5-7-20-13/h5-7,9,11,17H,8H2,1-4H3,(H,16,19). The largest absolute Gasteiger partial charge is 0.467 e. The summed E-state index contributed by atoms with van der Waals surface area (Å²) in [6, 6.07) is 3.28. The number of hydrogen-bond donors (Lipinski definition) is 2. The Morgan fingerprint density at radius 1 is 1.38 bits per heavy atom. The molecule has 1 amide bonds. The fourth-order valence-electron chi connectivity index (χ4n) is 2.38. The van der Waals surface area contributed by atoms with Crippen molar-refractivity contribution in [1.82, 2.24) is 15.8 Å². The summed E-state index contributed by atoms with van der Waals surface area (Å²) in [6.45, 7) is 7.97. The lowest BCUT2D eigenvalue weighted by Gasteiger charge is -2.19. The van der Waals surface area contributed by atoms with Gasteiger partial charge in [-0.1, -0.05) is 5.16 Å². The van der Waals surface area contributed by atoms with Crippen LogP contribution in [-0.4, -0.2) is 17.1 Å². The van der Waals surface area contributed by atoms with Crippen LogP contribution in [0.1, 0.15) is 42.7 Å². The molecule has 0 radical (unpaired) electrons. The molecule has 0 spiro atoms. The minimum atomic E-state index is -0.330. The van der Waals surface area contributed by atoms with Gasteiger partial charge in [-0.05, 0) is 39.8 Å². The molecular formula is C15H21N3O3. The molecule has 2 rings (SSSR count). The van der Waals surface area contributed by atoms with Crippen LogP contribution in [0.25, 0.3) is 0 Å². The van der Waals surface area contributed by atoms with E-state index in [1.54, 1.807) is 12.3 Å². The van der Waals surface area contributed by atoms with Gasteiger partial charge in [0.25, 0.3) is 0 Å². The molecule has 2 aromatic rings. The Hall–Kier alpha value is -2.08. The lowest BCUT2D eigenvalue weighted by Crippen LogP contribution is -2.42. The predicted octanol–water partition coefficient (Wildman–Crippen LogP) is 2.24. The quantitative estimate of drug-likeness (QED) is 0.853. The maximum absolute atomic E-state index is 12.1. The summed E-state index contributed by atoms with van der Waals surface area (Å²) >= 11 is 0. The number of nitrogens with one attached hydrogen (secondary N) is 2. The summed E-state index contributed by atoms with van der Waals surface area (Å²) < 4.78 is 10.3. The van der Waals surface area contributed by atoms with Gasteiger partial charge >= 0.3 is 0 Å². The molecule has 0 bridgehead atoms. The van der Waals surface area contributed by atoms with Crippen molar-refractivity contribution in [2.24, 2.45) is 0 Å². The van der Waals surface area contributed by atoms with E-state index in [0.717, 1.165) is 22.8 Å². The zero-order valence-corrected chi connectivity index (χ0v) is 12.8. The average Bonchev–Trinajstić information content (AvgIpc) is 3.06. The normalized spacial score (nSPS) is 13.9. The van der Waals surface area contributed by atoms with Crippen molar-refractivity contribution in [2.45, 2.75) is 46.3 Å². The summed E-state index contributed by atoms with van der Waals surface area (Å²) in [5, 5.41) is 10.0. The molecule has 0 aromatic carbocycles. The first kappa shape index (κ1) is 15.3. The maximum atomic E-state index is 12.1. The van der Waals surface area contributed by atoms with Gasteiger partial charge in [-0.25, -0.2) is 0 Å². The van der Waals surface area contributed by atoms with E-state index in [4.69, 9.17) is 8.94 Å². The molecule has 2 heterocycles. The van der Waals surface area contributed by atoms with Crippen LogP contribution in [0.2, 0.25) is 0 Å². The third-order valence-corrected chi connectivity index (χ3v) is 3.43. The topological polar surface area (TPSA) is 80.3 Å². The minimum Gasteiger partial charge on any atom is -0.467 e. The minimum absolute atomic E-state index is 0.0133. The van der Waals surface area contributed by atoms with Crippen molar-refractivity contribution in [1.29, 1.82) is 0 Å². The molecule has 114 valence electrons. The molecule has 0 aliphatic heterocycles. The number of amides is 1. The Kier molecular flexibility index (Phi) is 4.80. The molecule has 6 nitrogen and oxygen atoms in total. The van der Waals surface area contributed by atoms with Crippen LogP contribution >= 0.6 is 0 Å². The third kappa shape index (κ3) is 3.72. The molecule has 0 aliphatic carbocycles. The van der Waals surface area contributed by atoms with E-state index in [0.29, 0.717) is 6.54 Å². The van der Waals surface area contributed by atoms with Gasteiger partial charge in [0, 0.05) is 11.6 Å². The molecule has 2 atom stereocenters. The van der Waals surface area contributed by atoms with Crippen molar-refractivity contribution in [3.05, 3.63) is 41.2 Å². The van der Waals surface area contributed by atoms with E-state index < -0.39 is 0 Å². The molecule has 6 heteroatoms. The highest BCUT2D eigenvalue weighted by molar-refractivity contribution is 5.81. The van der Waals surface area contributed by atoms with Gasteiger partial charge in [-0.15, -0.1) is 0 Å². The Labute approximate surface area is 123 Å². The molecule has 0 saturated heterocycles. The van der Waals surface area contributed by atoms with Crippen LogP contribution in [0.5, 0.6) is 0 Å². The number of hydrogen-bond acceptors (Lipinski definition) is 5. The van der Waals surface area contributed by atoms with Gasteiger partial charge < -0.3 is 14.3 Å². The van der Waals surface area contributed by atoms with Gasteiger partial charge in [0.2, 0.25) is 5.91 Å². The van der Waals surface area contributed by atoms with E-state index in [1.165, 1.54) is 0 Å². The Morgan fingerprint density at radius 3 is 2.71 bits per heavy atom. The van der Waals surface area contributed by atoms with Gasteiger partial charge in [0.05, 0.1) is 24.5 Å². The SMILES string of the molecule is Cc1noc(C)c1C(C)NC(C)C(=O)NCc1ccco1. The van der Waals surface area contributed by atoms with Gasteiger partial charge in [-0.2, -0.15) is 0 Å². The van der Waals surface area contributed by atoms with Crippen LogP contribution in [0.3, 0.4) is 0 Å². The van der Waals surface area contributed by atoms with E-state index >= 15 is 0 Å². The molecular weight excluding hydrogens is 270 g/mol. The highest BCUT2D eigenvalue weighted by atomic mass is 16.5. The first-order valence-corrected chi connectivity index (χ1v) is 6.98. The number of carbonyl (C=O) groups is 1. The van der Waals surface area contributed by atoms with E-state index in [2.05, 4.69) is 15.8 Å². The summed E-state index contributed by atoms with van der Waals surface area (Å²) in [6.07, 6.45) is 1.59. The number of furan rings is 1. The average molecular weight is 291 g/mol. The van der Waals surface area contributed by atoms with Crippen molar-refractivity contribution >= 4 is 5.91 Å². The second-order valence-electron chi connectivity index (χ2n) is 5.15. The first-order chi connectivity index (χ1) is 9.99. The number of aryl methyl sites for hydroxylation is 2. The Balaban J connectivity index is 1.88. The van der Waals surface area contributed by atoms with Crippen molar-refractivity contribution < 1.29 is 13.7 Å². The molecule has 2 unspecified atom stereocenters. The number of rotatable bonds is 6. The maximum Gasteiger partial charge on any atom is 0.237 e. The van der Waals surface area contributed by atoms with Crippen molar-refractivity contribution in [2.75, 3.05) is 0 Å². The molecule has 0 aliphatic rings. The molecule has 2 aromatic heterocycles. The van der Waals surface area contributed by atoms with Crippen molar-refractivity contribution in [3.8, 4) is 0 Å². The van der Waals surface area contributed by atoms with E-state index in [1.807, 2.05) is 33.8 Å². The zero-order chi connectivity index (χ0) is 15.4. The fraction of sp³-hybridized carbons (Fsp3) is 0.467. The van der Waals surface area contributed by atoms with Crippen LogP contribution < -0.4 is 10.6 Å². The predicted molar refractivity (Wildman–Crippen MR) is 77.5 cm³/mol. The summed E-state index contributed by atoms with van der Waals surface area (Å²) in [7, 11) is 0. The molecule has 21 heavy (non-hydrogen) atoms. The van der Waals surface area contributed by atoms with Gasteiger partial charge in [0.15, 0.2) is 0 Å². The van der Waals surface area contributed by atoms with E-state index in [-0.39, 0.29) is 18.0 Å². The Bertz CT molecular complexity index is 570. The second-order valence-corrected chi connectivity index (χ2v) is 5.15. The molecule has 0 fully saturated rings. The monoisotopic (exact) mass is 291 g/mol. The highest BCUT2D eigenvalue weighted by Crippen LogP contribution is 2.21. The van der Waals surface area contributed by atoms with Crippen LogP contribution in [0, 0.1) is 13.8 Å². The number of carbonyl (C=O) groups excluding carboxylic acids is 1. The van der Waals surface area contributed by atoms with E-state index in [9.17, 15) is 4.79 Å². The highest BCUT2D eigenvalue weighted by Gasteiger charge is 2.21. The molecule has 0 saturated carbocycles. The number of aromatic nitrogens is 1. The Morgan fingerprint density at radius 2 is 2.14 bits per heavy atom. The third-order valence-electron chi connectivity index (χ3n) is 3.43. The summed E-state index contributed by atoms with van der Waals surface area (Å²) in [5.74, 6) is 1.43. The smallest absolute Gasteiger partial charge is 0.237 e. The van der Waals surface area contributed by atoms with Gasteiger partial charge in [0.1, 0.15) is 11.5 Å². The van der Waals surface area contributed by atoms with Crippen LogP contribution in [0.4, 0.5) is 0 Å². The zero-order valence-electron chi connectivity index (χ0n) is 12.8. The number of nitrogens with zero attached hydrogens (tertiary/aromatic N) is 1. The first-order valence-electron chi connectivity index (χ1n) is 6.98. The van der Waals surface area contributed by atoms with Crippen molar-refractivity contribution in [3.63, 3.8) is 0 Å². The second kappa shape index (κ2) is 6.58. The lowest BCUT2D eigenvalue weighted by atomic mass is 10.1. The summed E-state index contributed by atoms with van der Waals surface area (Å²) in [4.78, 5) is 12.1. The summed E-state index contributed by atoms with van der Waals surface area (Å²) in [5.41, 5.74) is 1.84. The fourth-order valence-corrected chi connectivity index (χ4v) is 2.38.